The van der Waals surface area contributed by atoms with Gasteiger partial charge < -0.3 is 10.6 Å². The van der Waals surface area contributed by atoms with Crippen LogP contribution in [0.15, 0.2) is 0 Å². The monoisotopic (exact) mass is 178 g/mol. The first-order valence-electron chi connectivity index (χ1n) is 3.82. The molecule has 0 aromatic heterocycles. The van der Waals surface area contributed by atoms with Crippen molar-refractivity contribution >= 4 is 18.3 Å². The zero-order valence-electron chi connectivity index (χ0n) is 6.58. The van der Waals surface area contributed by atoms with Gasteiger partial charge in [-0.1, -0.05) is 0 Å². The minimum Gasteiger partial charge on any atom is -0.343 e. The first kappa shape index (κ1) is 10.7. The van der Waals surface area contributed by atoms with E-state index in [1.807, 2.05) is 4.90 Å². The van der Waals surface area contributed by atoms with Crippen LogP contribution in [-0.2, 0) is 4.79 Å². The van der Waals surface area contributed by atoms with Gasteiger partial charge >= 0.3 is 0 Å². The Kier molecular flexibility index (Phi) is 5.24. The number of carbonyl (C=O) groups excluding carboxylic acids is 1. The topological polar surface area (TPSA) is 46.3 Å². The van der Waals surface area contributed by atoms with Crippen molar-refractivity contribution in [1.29, 1.82) is 0 Å². The van der Waals surface area contributed by atoms with Gasteiger partial charge in [0.05, 0.1) is 0 Å². The van der Waals surface area contributed by atoms with Crippen molar-refractivity contribution in [3.63, 3.8) is 0 Å². The van der Waals surface area contributed by atoms with E-state index in [1.165, 1.54) is 0 Å². The van der Waals surface area contributed by atoms with E-state index in [-0.39, 0.29) is 18.3 Å². The number of hydrogen-bond acceptors (Lipinski definition) is 2. The van der Waals surface area contributed by atoms with Gasteiger partial charge in [-0.2, -0.15) is 0 Å². The lowest BCUT2D eigenvalue weighted by Crippen LogP contribution is -2.29. The van der Waals surface area contributed by atoms with Crippen LogP contribution in [0.25, 0.3) is 0 Å². The van der Waals surface area contributed by atoms with Gasteiger partial charge in [0.15, 0.2) is 0 Å². The maximum Gasteiger partial charge on any atom is 0.223 e. The average molecular weight is 179 g/mol. The third-order valence-electron chi connectivity index (χ3n) is 1.82. The molecular weight excluding hydrogens is 164 g/mol. The van der Waals surface area contributed by atoms with Gasteiger partial charge in [-0.25, -0.2) is 0 Å². The van der Waals surface area contributed by atoms with Crippen molar-refractivity contribution in [3.8, 4) is 0 Å². The molecule has 1 rings (SSSR count). The van der Waals surface area contributed by atoms with Gasteiger partial charge in [-0.3, -0.25) is 4.79 Å². The van der Waals surface area contributed by atoms with Gasteiger partial charge in [-0.15, -0.1) is 12.4 Å². The lowest BCUT2D eigenvalue weighted by molar-refractivity contribution is -0.129. The van der Waals surface area contributed by atoms with Crippen LogP contribution in [0.1, 0.15) is 19.3 Å². The van der Waals surface area contributed by atoms with Crippen LogP contribution in [0, 0.1) is 0 Å². The second-order valence-electron chi connectivity index (χ2n) is 2.63. The highest BCUT2D eigenvalue weighted by molar-refractivity contribution is 5.85. The highest BCUT2D eigenvalue weighted by Gasteiger charge is 2.15. The van der Waals surface area contributed by atoms with Crippen LogP contribution in [0.5, 0.6) is 0 Å². The molecule has 0 aliphatic carbocycles. The predicted octanol–water partition coefficient (Wildman–Crippen LogP) is 0.379. The molecule has 4 heteroatoms. The second-order valence-corrected chi connectivity index (χ2v) is 2.63. The molecule has 0 aromatic carbocycles. The Morgan fingerprint density at radius 1 is 1.36 bits per heavy atom. The van der Waals surface area contributed by atoms with Crippen LogP contribution in [-0.4, -0.2) is 30.4 Å². The zero-order chi connectivity index (χ0) is 7.40. The van der Waals surface area contributed by atoms with Gasteiger partial charge in [0.1, 0.15) is 0 Å². The molecule has 0 unspecified atom stereocenters. The zero-order valence-corrected chi connectivity index (χ0v) is 7.40. The summed E-state index contributed by atoms with van der Waals surface area (Å²) in [6.45, 7) is 2.37. The fourth-order valence-electron chi connectivity index (χ4n) is 1.25. The van der Waals surface area contributed by atoms with Crippen LogP contribution in [0.2, 0.25) is 0 Å². The highest BCUT2D eigenvalue weighted by Crippen LogP contribution is 2.07. The summed E-state index contributed by atoms with van der Waals surface area (Å²) < 4.78 is 0. The van der Waals surface area contributed by atoms with Gasteiger partial charge in [-0.05, 0) is 12.8 Å². The lowest BCUT2D eigenvalue weighted by Gasteiger charge is -2.13. The number of rotatable bonds is 2. The second kappa shape index (κ2) is 5.38. The summed E-state index contributed by atoms with van der Waals surface area (Å²) in [6.07, 6.45) is 2.84. The molecule has 11 heavy (non-hydrogen) atoms. The summed E-state index contributed by atoms with van der Waals surface area (Å²) in [4.78, 5) is 13.0. The Balaban J connectivity index is 0.000001000. The molecule has 1 aliphatic heterocycles. The Morgan fingerprint density at radius 3 is 2.36 bits per heavy atom. The van der Waals surface area contributed by atoms with E-state index in [4.69, 9.17) is 5.73 Å². The smallest absolute Gasteiger partial charge is 0.223 e. The Hall–Kier alpha value is -0.280. The molecular formula is C7H15ClN2O. The van der Waals surface area contributed by atoms with Gasteiger partial charge in [0, 0.05) is 26.1 Å². The summed E-state index contributed by atoms with van der Waals surface area (Å²) >= 11 is 0. The Morgan fingerprint density at radius 2 is 1.91 bits per heavy atom. The summed E-state index contributed by atoms with van der Waals surface area (Å²) in [5, 5.41) is 0. The number of carbonyl (C=O) groups is 1. The fraction of sp³-hybridized carbons (Fsp3) is 0.857. The van der Waals surface area contributed by atoms with Crippen molar-refractivity contribution in [1.82, 2.24) is 4.90 Å². The lowest BCUT2D eigenvalue weighted by atomic mass is 10.4. The van der Waals surface area contributed by atoms with E-state index >= 15 is 0 Å². The summed E-state index contributed by atoms with van der Waals surface area (Å²) in [6, 6.07) is 0. The molecule has 0 radical (unpaired) electrons. The summed E-state index contributed by atoms with van der Waals surface area (Å²) in [5.41, 5.74) is 5.25. The van der Waals surface area contributed by atoms with E-state index in [1.54, 1.807) is 0 Å². The van der Waals surface area contributed by atoms with Crippen molar-refractivity contribution in [3.05, 3.63) is 0 Å². The van der Waals surface area contributed by atoms with Crippen LogP contribution in [0.3, 0.4) is 0 Å². The van der Waals surface area contributed by atoms with Crippen molar-refractivity contribution in [2.24, 2.45) is 5.73 Å². The summed E-state index contributed by atoms with van der Waals surface area (Å²) in [5.74, 6) is 0.222. The fourth-order valence-corrected chi connectivity index (χ4v) is 1.25. The van der Waals surface area contributed by atoms with Crippen LogP contribution < -0.4 is 5.73 Å². The first-order valence-corrected chi connectivity index (χ1v) is 3.82. The van der Waals surface area contributed by atoms with Crippen molar-refractivity contribution < 1.29 is 4.79 Å². The average Bonchev–Trinajstić information content (AvgIpc) is 2.38. The summed E-state index contributed by atoms with van der Waals surface area (Å²) in [7, 11) is 0. The minimum atomic E-state index is 0. The van der Waals surface area contributed by atoms with E-state index in [2.05, 4.69) is 0 Å². The molecule has 0 spiro atoms. The van der Waals surface area contributed by atoms with Crippen LogP contribution >= 0.6 is 12.4 Å². The highest BCUT2D eigenvalue weighted by atomic mass is 35.5. The standard InChI is InChI=1S/C7H14N2O.ClH/c8-4-3-7(10)9-5-1-2-6-9;/h1-6,8H2;1H. The number of halogens is 1. The molecule has 1 aliphatic rings. The van der Waals surface area contributed by atoms with Gasteiger partial charge in [0.2, 0.25) is 5.91 Å². The quantitative estimate of drug-likeness (QED) is 0.665. The van der Waals surface area contributed by atoms with Crippen molar-refractivity contribution in [2.75, 3.05) is 19.6 Å². The molecule has 0 bridgehead atoms. The molecule has 2 N–H and O–H groups in total. The molecule has 1 saturated heterocycles. The Bertz CT molecular complexity index is 124. The normalized spacial score (nSPS) is 16.3. The van der Waals surface area contributed by atoms with Crippen molar-refractivity contribution in [2.45, 2.75) is 19.3 Å². The molecule has 0 saturated carbocycles. The van der Waals surface area contributed by atoms with Crippen LogP contribution in [0.4, 0.5) is 0 Å². The predicted molar refractivity (Wildman–Crippen MR) is 46.7 cm³/mol. The largest absolute Gasteiger partial charge is 0.343 e. The molecule has 1 heterocycles. The van der Waals surface area contributed by atoms with E-state index in [0.717, 1.165) is 25.9 Å². The molecule has 3 nitrogen and oxygen atoms in total. The van der Waals surface area contributed by atoms with E-state index in [9.17, 15) is 4.79 Å². The molecule has 0 atom stereocenters. The van der Waals surface area contributed by atoms with E-state index < -0.39 is 0 Å². The molecule has 66 valence electrons. The SMILES string of the molecule is Cl.NCCC(=O)N1CCCC1. The number of amides is 1. The Labute approximate surface area is 73.3 Å². The maximum atomic E-state index is 11.1. The van der Waals surface area contributed by atoms with E-state index in [0.29, 0.717) is 13.0 Å². The molecule has 0 aromatic rings. The first-order chi connectivity index (χ1) is 4.84. The molecule has 1 fully saturated rings. The number of likely N-dealkylation sites (tertiary alicyclic amines) is 1. The third-order valence-corrected chi connectivity index (χ3v) is 1.82. The minimum absolute atomic E-state index is 0. The third kappa shape index (κ3) is 3.08. The number of nitrogens with zero attached hydrogens (tertiary/aromatic N) is 1. The van der Waals surface area contributed by atoms with Gasteiger partial charge in [0.25, 0.3) is 0 Å². The maximum absolute atomic E-state index is 11.1. The molecule has 1 amide bonds. The number of nitrogens with two attached hydrogens (primary N) is 1. The number of hydrogen-bond donors (Lipinski definition) is 1.